The van der Waals surface area contributed by atoms with E-state index in [2.05, 4.69) is 28.9 Å². The van der Waals surface area contributed by atoms with Crippen LogP contribution in [0.1, 0.15) is 59.4 Å². The van der Waals surface area contributed by atoms with Gasteiger partial charge in [-0.3, -0.25) is 14.5 Å². The number of hydrogen-bond acceptors (Lipinski definition) is 6. The van der Waals surface area contributed by atoms with E-state index in [1.807, 2.05) is 42.2 Å². The molecule has 1 aliphatic carbocycles. The number of nitrogens with two attached hydrogens (primary N) is 1. The third-order valence-corrected chi connectivity index (χ3v) is 8.13. The van der Waals surface area contributed by atoms with Gasteiger partial charge >= 0.3 is 0 Å². The lowest BCUT2D eigenvalue weighted by Gasteiger charge is -2.34. The second kappa shape index (κ2) is 10.0. The van der Waals surface area contributed by atoms with Crippen molar-refractivity contribution in [3.05, 3.63) is 59.2 Å². The maximum Gasteiger partial charge on any atom is 0.260 e. The van der Waals surface area contributed by atoms with E-state index in [-0.39, 0.29) is 5.91 Å². The van der Waals surface area contributed by atoms with Crippen LogP contribution in [0.3, 0.4) is 0 Å². The van der Waals surface area contributed by atoms with Crippen molar-refractivity contribution in [2.45, 2.75) is 40.0 Å². The standard InChI is InChI=1S/C28H33N5O2S/c1-17-12-18(2)15-32(14-17)27-30-31-28(36-27)33(16-20-5-6-20)26(35)23-7-4-19(3)24(13-23)21-8-10-22(11-9-21)25(29)34/h4,7-11,13,17-18,20H,5-6,12,14-16H2,1-3H3,(H2,29,34). The van der Waals surface area contributed by atoms with Crippen LogP contribution in [0.2, 0.25) is 0 Å². The summed E-state index contributed by atoms with van der Waals surface area (Å²) in [5.41, 5.74) is 9.42. The van der Waals surface area contributed by atoms with E-state index in [9.17, 15) is 9.59 Å². The Morgan fingerprint density at radius 2 is 1.69 bits per heavy atom. The fraction of sp³-hybridized carbons (Fsp3) is 0.429. The van der Waals surface area contributed by atoms with Crippen LogP contribution >= 0.6 is 11.3 Å². The average molecular weight is 504 g/mol. The highest BCUT2D eigenvalue weighted by molar-refractivity contribution is 7.19. The maximum atomic E-state index is 13.8. The lowest BCUT2D eigenvalue weighted by Crippen LogP contribution is -2.38. The van der Waals surface area contributed by atoms with Crippen molar-refractivity contribution < 1.29 is 9.59 Å². The van der Waals surface area contributed by atoms with Crippen LogP contribution in [0.25, 0.3) is 11.1 Å². The van der Waals surface area contributed by atoms with Gasteiger partial charge in [0, 0.05) is 30.8 Å². The molecule has 5 rings (SSSR count). The van der Waals surface area contributed by atoms with Gasteiger partial charge in [0.1, 0.15) is 0 Å². The lowest BCUT2D eigenvalue weighted by atomic mass is 9.92. The third-order valence-electron chi connectivity index (χ3n) is 7.12. The molecule has 2 N–H and O–H groups in total. The first kappa shape index (κ1) is 24.4. The zero-order valence-electron chi connectivity index (χ0n) is 21.1. The van der Waals surface area contributed by atoms with Crippen molar-refractivity contribution in [3.8, 4) is 11.1 Å². The van der Waals surface area contributed by atoms with Crippen molar-refractivity contribution in [2.75, 3.05) is 29.4 Å². The van der Waals surface area contributed by atoms with Crippen molar-refractivity contribution in [1.29, 1.82) is 0 Å². The molecule has 188 valence electrons. The quantitative estimate of drug-likeness (QED) is 0.481. The minimum Gasteiger partial charge on any atom is -0.366 e. The van der Waals surface area contributed by atoms with E-state index in [4.69, 9.17) is 5.73 Å². The number of amides is 2. The number of carbonyl (C=O) groups excluding carboxylic acids is 2. The van der Waals surface area contributed by atoms with Crippen molar-refractivity contribution >= 4 is 33.4 Å². The predicted molar refractivity (Wildman–Crippen MR) is 145 cm³/mol. The predicted octanol–water partition coefficient (Wildman–Crippen LogP) is 5.15. The Bertz CT molecular complexity index is 1260. The molecule has 1 aliphatic heterocycles. The summed E-state index contributed by atoms with van der Waals surface area (Å²) in [5.74, 6) is 1.24. The zero-order chi connectivity index (χ0) is 25.4. The molecular formula is C28H33N5O2S. The number of hydrogen-bond donors (Lipinski definition) is 1. The molecule has 2 unspecified atom stereocenters. The van der Waals surface area contributed by atoms with E-state index in [1.165, 1.54) is 17.8 Å². The van der Waals surface area contributed by atoms with Gasteiger partial charge in [-0.1, -0.05) is 43.4 Å². The van der Waals surface area contributed by atoms with Crippen LogP contribution in [0.5, 0.6) is 0 Å². The first-order valence-corrected chi connectivity index (χ1v) is 13.5. The third kappa shape index (κ3) is 5.28. The molecule has 7 nitrogen and oxygen atoms in total. The molecule has 2 heterocycles. The number of piperidine rings is 1. The monoisotopic (exact) mass is 503 g/mol. The summed E-state index contributed by atoms with van der Waals surface area (Å²) in [6.45, 7) is 9.20. The number of rotatable bonds is 7. The van der Waals surface area contributed by atoms with Crippen LogP contribution in [-0.4, -0.2) is 41.6 Å². The Labute approximate surface area is 216 Å². The van der Waals surface area contributed by atoms with Crippen LogP contribution in [0.4, 0.5) is 10.3 Å². The van der Waals surface area contributed by atoms with Gasteiger partial charge in [-0.05, 0) is 84.9 Å². The molecule has 2 aliphatic rings. The number of anilines is 2. The molecule has 8 heteroatoms. The smallest absolute Gasteiger partial charge is 0.260 e. The minimum absolute atomic E-state index is 0.0556. The van der Waals surface area contributed by atoms with Crippen LogP contribution in [0.15, 0.2) is 42.5 Å². The van der Waals surface area contributed by atoms with Crippen LogP contribution in [0, 0.1) is 24.7 Å². The van der Waals surface area contributed by atoms with Gasteiger partial charge in [0.25, 0.3) is 5.91 Å². The normalized spacial score (nSPS) is 19.8. The highest BCUT2D eigenvalue weighted by Gasteiger charge is 2.32. The number of aromatic nitrogens is 2. The van der Waals surface area contributed by atoms with Crippen LogP contribution in [-0.2, 0) is 0 Å². The van der Waals surface area contributed by atoms with Crippen molar-refractivity contribution in [3.63, 3.8) is 0 Å². The first-order chi connectivity index (χ1) is 17.3. The Balaban J connectivity index is 1.42. The molecular weight excluding hydrogens is 470 g/mol. The highest BCUT2D eigenvalue weighted by Crippen LogP contribution is 2.36. The Morgan fingerprint density at radius 1 is 1.03 bits per heavy atom. The number of aryl methyl sites for hydroxylation is 1. The average Bonchev–Trinajstić information content (AvgIpc) is 3.55. The fourth-order valence-corrected chi connectivity index (χ4v) is 5.98. The summed E-state index contributed by atoms with van der Waals surface area (Å²) in [6, 6.07) is 13.0. The number of nitrogens with zero attached hydrogens (tertiary/aromatic N) is 4. The van der Waals surface area contributed by atoms with E-state index < -0.39 is 5.91 Å². The van der Waals surface area contributed by atoms with Gasteiger partial charge in [0.15, 0.2) is 0 Å². The molecule has 2 atom stereocenters. The van der Waals surface area contributed by atoms with Gasteiger partial charge in [0.05, 0.1) is 0 Å². The number of carbonyl (C=O) groups is 2. The molecule has 0 spiro atoms. The first-order valence-electron chi connectivity index (χ1n) is 12.7. The topological polar surface area (TPSA) is 92.4 Å². The molecule has 1 aromatic heterocycles. The molecule has 2 fully saturated rings. The Hall–Kier alpha value is -3.26. The van der Waals surface area contributed by atoms with Gasteiger partial charge in [-0.15, -0.1) is 10.2 Å². The van der Waals surface area contributed by atoms with Crippen molar-refractivity contribution in [2.24, 2.45) is 23.5 Å². The summed E-state index contributed by atoms with van der Waals surface area (Å²) >= 11 is 1.52. The maximum absolute atomic E-state index is 13.8. The fourth-order valence-electron chi connectivity index (χ4n) is 5.11. The summed E-state index contributed by atoms with van der Waals surface area (Å²) in [4.78, 5) is 29.4. The van der Waals surface area contributed by atoms with Gasteiger partial charge in [-0.25, -0.2) is 0 Å². The summed E-state index contributed by atoms with van der Waals surface area (Å²) < 4.78 is 0. The van der Waals surface area contributed by atoms with E-state index in [0.717, 1.165) is 47.8 Å². The van der Waals surface area contributed by atoms with Gasteiger partial charge in [-0.2, -0.15) is 0 Å². The van der Waals surface area contributed by atoms with E-state index in [1.54, 1.807) is 12.1 Å². The second-order valence-electron chi connectivity index (χ2n) is 10.5. The Kier molecular flexibility index (Phi) is 6.79. The molecule has 1 saturated heterocycles. The molecule has 2 amide bonds. The molecule has 0 radical (unpaired) electrons. The lowest BCUT2D eigenvalue weighted by molar-refractivity contribution is 0.0982. The largest absolute Gasteiger partial charge is 0.366 e. The van der Waals surface area contributed by atoms with Gasteiger partial charge < -0.3 is 10.6 Å². The Morgan fingerprint density at radius 3 is 2.33 bits per heavy atom. The van der Waals surface area contributed by atoms with Gasteiger partial charge in [0.2, 0.25) is 16.2 Å². The molecule has 1 saturated carbocycles. The second-order valence-corrected chi connectivity index (χ2v) is 11.5. The molecule has 2 aromatic carbocycles. The SMILES string of the molecule is Cc1ccc(C(=O)N(CC2CC2)c2nnc(N3CC(C)CC(C)C3)s2)cc1-c1ccc(C(N)=O)cc1. The van der Waals surface area contributed by atoms with E-state index >= 15 is 0 Å². The van der Waals surface area contributed by atoms with Crippen LogP contribution < -0.4 is 15.5 Å². The summed E-state index contributed by atoms with van der Waals surface area (Å²) in [7, 11) is 0. The minimum atomic E-state index is -0.456. The van der Waals surface area contributed by atoms with Crippen molar-refractivity contribution in [1.82, 2.24) is 10.2 Å². The molecule has 36 heavy (non-hydrogen) atoms. The highest BCUT2D eigenvalue weighted by atomic mass is 32.1. The summed E-state index contributed by atoms with van der Waals surface area (Å²) in [6.07, 6.45) is 3.51. The molecule has 0 bridgehead atoms. The molecule has 3 aromatic rings. The van der Waals surface area contributed by atoms with E-state index in [0.29, 0.717) is 40.6 Å². The number of primary amides is 1. The zero-order valence-corrected chi connectivity index (χ0v) is 21.9. The number of benzene rings is 2. The summed E-state index contributed by atoms with van der Waals surface area (Å²) in [5, 5.41) is 10.5.